The molecule has 0 unspecified atom stereocenters. The van der Waals surface area contributed by atoms with E-state index < -0.39 is 5.76 Å². The van der Waals surface area contributed by atoms with Crippen LogP contribution in [0.1, 0.15) is 11.3 Å². The highest BCUT2D eigenvalue weighted by Gasteiger charge is 2.06. The van der Waals surface area contributed by atoms with Crippen molar-refractivity contribution in [2.24, 2.45) is 0 Å². The molecule has 0 amide bonds. The van der Waals surface area contributed by atoms with Gasteiger partial charge in [-0.15, -0.1) is 0 Å². The minimum Gasteiger partial charge on any atom is -0.247 e. The van der Waals surface area contributed by atoms with Gasteiger partial charge in [-0.3, -0.25) is 0 Å². The number of aromatic nitrogens is 1. The zero-order valence-corrected chi connectivity index (χ0v) is 7.66. The molecule has 0 aliphatic carbocycles. The van der Waals surface area contributed by atoms with Crippen molar-refractivity contribution in [1.29, 1.82) is 0 Å². The second-order valence-corrected chi connectivity index (χ2v) is 3.51. The van der Waals surface area contributed by atoms with Gasteiger partial charge in [0.25, 0.3) is 5.76 Å². The first-order valence-corrected chi connectivity index (χ1v) is 4.36. The Hall–Kier alpha value is -0.640. The fourth-order valence-corrected chi connectivity index (χ4v) is 1.59. The number of aryl methyl sites for hydroxylation is 2. The maximum atomic E-state index is 11.9. The van der Waals surface area contributed by atoms with Crippen molar-refractivity contribution in [2.45, 2.75) is 24.6 Å². The molecule has 0 bridgehead atoms. The molecule has 66 valence electrons. The van der Waals surface area contributed by atoms with E-state index in [1.807, 2.05) is 13.0 Å². The maximum Gasteiger partial charge on any atom is 0.290 e. The monoisotopic (exact) mass is 189 g/mol. The van der Waals surface area contributed by atoms with Crippen LogP contribution in [0.5, 0.6) is 0 Å². The Morgan fingerprint density at radius 3 is 2.50 bits per heavy atom. The van der Waals surface area contributed by atoms with Crippen LogP contribution in [0.4, 0.5) is 8.78 Å². The molecule has 1 rings (SSSR count). The highest BCUT2D eigenvalue weighted by molar-refractivity contribution is 7.99. The number of thioether (sulfide) groups is 1. The van der Waals surface area contributed by atoms with Crippen molar-refractivity contribution >= 4 is 11.8 Å². The number of hydrogen-bond donors (Lipinski definition) is 0. The number of nitrogens with zero attached hydrogens (tertiary/aromatic N) is 1. The summed E-state index contributed by atoms with van der Waals surface area (Å²) in [5, 5.41) is 0.391. The lowest BCUT2D eigenvalue weighted by molar-refractivity contribution is 0.252. The quantitative estimate of drug-likeness (QED) is 0.663. The highest BCUT2D eigenvalue weighted by atomic mass is 32.2. The fourth-order valence-electron chi connectivity index (χ4n) is 0.956. The van der Waals surface area contributed by atoms with Crippen LogP contribution in [0.15, 0.2) is 17.2 Å². The minimum atomic E-state index is -2.39. The summed E-state index contributed by atoms with van der Waals surface area (Å²) in [7, 11) is 0. The number of alkyl halides is 2. The summed E-state index contributed by atoms with van der Waals surface area (Å²) in [6.45, 7) is 3.66. The minimum absolute atomic E-state index is 0.391. The first-order valence-electron chi connectivity index (χ1n) is 3.48. The van der Waals surface area contributed by atoms with E-state index in [1.54, 1.807) is 13.0 Å². The van der Waals surface area contributed by atoms with Crippen LogP contribution in [0.25, 0.3) is 0 Å². The first kappa shape index (κ1) is 9.45. The van der Waals surface area contributed by atoms with Crippen LogP contribution in [0.2, 0.25) is 0 Å². The van der Waals surface area contributed by atoms with Crippen molar-refractivity contribution in [3.8, 4) is 0 Å². The van der Waals surface area contributed by atoms with Gasteiger partial charge in [0.1, 0.15) is 5.03 Å². The summed E-state index contributed by atoms with van der Waals surface area (Å²) in [4.78, 5) is 3.96. The molecule has 1 heterocycles. The molecule has 0 N–H and O–H groups in total. The predicted octanol–water partition coefficient (Wildman–Crippen LogP) is 3.01. The van der Waals surface area contributed by atoms with E-state index in [9.17, 15) is 8.78 Å². The Balaban J connectivity index is 2.85. The van der Waals surface area contributed by atoms with Gasteiger partial charge in [0.05, 0.1) is 0 Å². The summed E-state index contributed by atoms with van der Waals surface area (Å²) in [6.07, 6.45) is 0. The maximum absolute atomic E-state index is 11.9. The van der Waals surface area contributed by atoms with Gasteiger partial charge in [-0.2, -0.15) is 8.78 Å². The standard InChI is InChI=1S/C8H9F2NS/c1-5-3-6(2)11-7(4-5)12-8(9)10/h3-4,8H,1-2H3. The molecule has 0 aliphatic rings. The molecule has 0 spiro atoms. The second-order valence-electron chi connectivity index (χ2n) is 2.50. The number of halogens is 2. The molecule has 1 aromatic rings. The second kappa shape index (κ2) is 3.85. The van der Waals surface area contributed by atoms with E-state index >= 15 is 0 Å². The van der Waals surface area contributed by atoms with Crippen LogP contribution in [0, 0.1) is 13.8 Å². The molecule has 0 fully saturated rings. The Morgan fingerprint density at radius 2 is 2.00 bits per heavy atom. The van der Waals surface area contributed by atoms with Gasteiger partial charge in [-0.1, -0.05) is 0 Å². The van der Waals surface area contributed by atoms with E-state index in [2.05, 4.69) is 4.98 Å². The summed E-state index contributed by atoms with van der Waals surface area (Å²) in [5.41, 5.74) is 1.74. The van der Waals surface area contributed by atoms with Gasteiger partial charge in [0.2, 0.25) is 0 Å². The molecule has 1 nitrogen and oxygen atoms in total. The molecule has 0 saturated carbocycles. The van der Waals surface area contributed by atoms with Gasteiger partial charge in [-0.25, -0.2) is 4.98 Å². The average molecular weight is 189 g/mol. The summed E-state index contributed by atoms with van der Waals surface area (Å²) in [6, 6.07) is 3.51. The van der Waals surface area contributed by atoms with Gasteiger partial charge in [-0.05, 0) is 43.3 Å². The van der Waals surface area contributed by atoms with Crippen LogP contribution in [-0.2, 0) is 0 Å². The number of rotatable bonds is 2. The zero-order chi connectivity index (χ0) is 9.14. The van der Waals surface area contributed by atoms with E-state index in [1.165, 1.54) is 0 Å². The molecule has 0 aromatic carbocycles. The Bertz CT molecular complexity index is 256. The molecule has 0 atom stereocenters. The Labute approximate surface area is 74.2 Å². The topological polar surface area (TPSA) is 12.9 Å². The molecule has 0 radical (unpaired) electrons. The Kier molecular flexibility index (Phi) is 3.03. The lowest BCUT2D eigenvalue weighted by atomic mass is 10.3. The largest absolute Gasteiger partial charge is 0.290 e. The van der Waals surface area contributed by atoms with Gasteiger partial charge >= 0.3 is 0 Å². The molecular formula is C8H9F2NS. The van der Waals surface area contributed by atoms with Crippen molar-refractivity contribution in [1.82, 2.24) is 4.98 Å². The molecule has 12 heavy (non-hydrogen) atoms. The summed E-state index contributed by atoms with van der Waals surface area (Å²) >= 11 is 0.482. The van der Waals surface area contributed by atoms with Gasteiger partial charge in [0.15, 0.2) is 0 Å². The molecule has 1 aromatic heterocycles. The zero-order valence-electron chi connectivity index (χ0n) is 6.84. The van der Waals surface area contributed by atoms with E-state index in [4.69, 9.17) is 0 Å². The lowest BCUT2D eigenvalue weighted by Gasteiger charge is -2.01. The van der Waals surface area contributed by atoms with Crippen LogP contribution in [0.3, 0.4) is 0 Å². The third-order valence-corrected chi connectivity index (χ3v) is 1.91. The SMILES string of the molecule is Cc1cc(C)nc(SC(F)F)c1. The third kappa shape index (κ3) is 2.77. The highest BCUT2D eigenvalue weighted by Crippen LogP contribution is 2.24. The fraction of sp³-hybridized carbons (Fsp3) is 0.375. The normalized spacial score (nSPS) is 10.8. The van der Waals surface area contributed by atoms with Crippen LogP contribution < -0.4 is 0 Å². The third-order valence-electron chi connectivity index (χ3n) is 1.28. The van der Waals surface area contributed by atoms with Crippen molar-refractivity contribution in [3.05, 3.63) is 23.4 Å². The molecule has 4 heteroatoms. The first-order chi connectivity index (χ1) is 5.58. The van der Waals surface area contributed by atoms with E-state index in [-0.39, 0.29) is 0 Å². The van der Waals surface area contributed by atoms with Gasteiger partial charge in [0, 0.05) is 5.69 Å². The van der Waals surface area contributed by atoms with Gasteiger partial charge < -0.3 is 0 Å². The Morgan fingerprint density at radius 1 is 1.33 bits per heavy atom. The average Bonchev–Trinajstić information content (AvgIpc) is 1.81. The van der Waals surface area contributed by atoms with Crippen molar-refractivity contribution < 1.29 is 8.78 Å². The lowest BCUT2D eigenvalue weighted by Crippen LogP contribution is -1.89. The van der Waals surface area contributed by atoms with Crippen molar-refractivity contribution in [3.63, 3.8) is 0 Å². The molecule has 0 saturated heterocycles. The predicted molar refractivity (Wildman–Crippen MR) is 45.6 cm³/mol. The van der Waals surface area contributed by atoms with E-state index in [0.717, 1.165) is 11.3 Å². The summed E-state index contributed by atoms with van der Waals surface area (Å²) < 4.78 is 23.8. The van der Waals surface area contributed by atoms with Crippen LogP contribution in [-0.4, -0.2) is 10.7 Å². The smallest absolute Gasteiger partial charge is 0.247 e. The summed E-state index contributed by atoms with van der Waals surface area (Å²) in [5.74, 6) is -2.39. The van der Waals surface area contributed by atoms with Crippen LogP contribution >= 0.6 is 11.8 Å². The molecule has 0 aliphatic heterocycles. The number of pyridine rings is 1. The van der Waals surface area contributed by atoms with E-state index in [0.29, 0.717) is 16.8 Å². The number of hydrogen-bond acceptors (Lipinski definition) is 2. The molecular weight excluding hydrogens is 180 g/mol. The van der Waals surface area contributed by atoms with Crippen molar-refractivity contribution in [2.75, 3.05) is 0 Å².